The average molecular weight is 370 g/mol. The van der Waals surface area contributed by atoms with E-state index in [0.29, 0.717) is 9.80 Å². The van der Waals surface area contributed by atoms with E-state index in [1.807, 2.05) is 0 Å². The highest BCUT2D eigenvalue weighted by Gasteiger charge is 2.41. The van der Waals surface area contributed by atoms with E-state index in [9.17, 15) is 27.6 Å². The molecular weight excluding hydrogens is 353 g/mol. The maximum absolute atomic E-state index is 12.9. The Bertz CT molecular complexity index is 694. The van der Waals surface area contributed by atoms with E-state index in [2.05, 4.69) is 0 Å². The Kier molecular flexibility index (Phi) is 4.99. The first-order valence-corrected chi connectivity index (χ1v) is 8.17. The molecule has 0 spiro atoms. The van der Waals surface area contributed by atoms with Gasteiger partial charge in [0, 0.05) is 19.3 Å². The molecule has 140 valence electrons. The summed E-state index contributed by atoms with van der Waals surface area (Å²) in [5.41, 5.74) is 0.303. The number of halogens is 3. The lowest BCUT2D eigenvalue weighted by atomic mass is 10.1. The molecule has 0 bridgehead atoms. The molecule has 0 radical (unpaired) electrons. The average Bonchev–Trinajstić information content (AvgIpc) is 2.85. The predicted molar refractivity (Wildman–Crippen MR) is 83.4 cm³/mol. The first-order chi connectivity index (χ1) is 12.3. The van der Waals surface area contributed by atoms with Crippen molar-refractivity contribution in [3.8, 4) is 0 Å². The highest BCUT2D eigenvalue weighted by molar-refractivity contribution is 6.22. The summed E-state index contributed by atoms with van der Waals surface area (Å²) in [4.78, 5) is 38.6. The number of ether oxygens (including phenoxy) is 1. The third-order valence-corrected chi connectivity index (χ3v) is 4.47. The van der Waals surface area contributed by atoms with E-state index in [4.69, 9.17) is 4.74 Å². The summed E-state index contributed by atoms with van der Waals surface area (Å²) in [6.07, 6.45) is -4.01. The van der Waals surface area contributed by atoms with Crippen molar-refractivity contribution in [3.05, 3.63) is 35.4 Å². The Morgan fingerprint density at radius 2 is 1.65 bits per heavy atom. The lowest BCUT2D eigenvalue weighted by Crippen LogP contribution is -2.51. The molecule has 2 aliphatic heterocycles. The van der Waals surface area contributed by atoms with Crippen LogP contribution in [0.3, 0.4) is 0 Å². The van der Waals surface area contributed by atoms with Crippen LogP contribution < -0.4 is 0 Å². The Morgan fingerprint density at radius 1 is 1.12 bits per heavy atom. The minimum Gasteiger partial charge on any atom is -0.381 e. The first-order valence-electron chi connectivity index (χ1n) is 8.17. The summed E-state index contributed by atoms with van der Waals surface area (Å²) < 4.78 is 43.9. The predicted octanol–water partition coefficient (Wildman–Crippen LogP) is 1.85. The van der Waals surface area contributed by atoms with E-state index >= 15 is 0 Å². The number of hydrogen-bond donors (Lipinski definition) is 0. The number of carbonyl (C=O) groups excluding carboxylic acids is 3. The molecule has 1 aromatic carbocycles. The molecule has 9 heteroatoms. The summed E-state index contributed by atoms with van der Waals surface area (Å²) in [6.45, 7) is -1.60. The van der Waals surface area contributed by atoms with Crippen molar-refractivity contribution in [2.45, 2.75) is 25.1 Å². The molecule has 0 atom stereocenters. The number of alkyl halides is 3. The molecule has 1 saturated heterocycles. The van der Waals surface area contributed by atoms with Crippen LogP contribution in [0.5, 0.6) is 0 Å². The fourth-order valence-corrected chi connectivity index (χ4v) is 3.22. The fraction of sp³-hybridized carbons (Fsp3) is 0.471. The van der Waals surface area contributed by atoms with Crippen molar-refractivity contribution in [1.29, 1.82) is 0 Å². The monoisotopic (exact) mass is 370 g/mol. The molecule has 0 saturated carbocycles. The molecule has 2 aliphatic rings. The second kappa shape index (κ2) is 7.06. The SMILES string of the molecule is O=C1c2ccccc2C(=O)N1CC(=O)N(CC(F)(F)F)C1CCOCC1. The van der Waals surface area contributed by atoms with Gasteiger partial charge in [-0.05, 0) is 25.0 Å². The number of amides is 3. The summed E-state index contributed by atoms with van der Waals surface area (Å²) >= 11 is 0. The van der Waals surface area contributed by atoms with Crippen molar-refractivity contribution in [2.75, 3.05) is 26.3 Å². The van der Waals surface area contributed by atoms with Crippen molar-refractivity contribution < 1.29 is 32.3 Å². The summed E-state index contributed by atoms with van der Waals surface area (Å²) in [6, 6.07) is 5.42. The van der Waals surface area contributed by atoms with Crippen LogP contribution >= 0.6 is 0 Å². The van der Waals surface area contributed by atoms with E-state index < -0.39 is 43.0 Å². The highest BCUT2D eigenvalue weighted by Crippen LogP contribution is 2.25. The quantitative estimate of drug-likeness (QED) is 0.759. The maximum atomic E-state index is 12.9. The van der Waals surface area contributed by atoms with Crippen LogP contribution in [0.25, 0.3) is 0 Å². The Morgan fingerprint density at radius 3 is 2.15 bits per heavy atom. The van der Waals surface area contributed by atoms with Gasteiger partial charge >= 0.3 is 6.18 Å². The number of benzene rings is 1. The highest BCUT2D eigenvalue weighted by atomic mass is 19.4. The van der Waals surface area contributed by atoms with E-state index in [1.165, 1.54) is 12.1 Å². The van der Waals surface area contributed by atoms with Crippen LogP contribution in [0, 0.1) is 0 Å². The summed E-state index contributed by atoms with van der Waals surface area (Å²) in [5, 5.41) is 0. The number of carbonyl (C=O) groups is 3. The molecule has 0 unspecified atom stereocenters. The molecule has 2 heterocycles. The van der Waals surface area contributed by atoms with Gasteiger partial charge in [-0.3, -0.25) is 19.3 Å². The normalized spacial score (nSPS) is 18.2. The minimum absolute atomic E-state index is 0.152. The molecule has 6 nitrogen and oxygen atoms in total. The second-order valence-electron chi connectivity index (χ2n) is 6.22. The lowest BCUT2D eigenvalue weighted by molar-refractivity contribution is -0.168. The number of nitrogens with zero attached hydrogens (tertiary/aromatic N) is 2. The van der Waals surface area contributed by atoms with Gasteiger partial charge in [0.25, 0.3) is 11.8 Å². The van der Waals surface area contributed by atoms with Gasteiger partial charge in [0.2, 0.25) is 5.91 Å². The van der Waals surface area contributed by atoms with Crippen LogP contribution in [-0.2, 0) is 9.53 Å². The maximum Gasteiger partial charge on any atom is 0.406 e. The molecule has 1 fully saturated rings. The van der Waals surface area contributed by atoms with Gasteiger partial charge in [0.15, 0.2) is 0 Å². The molecule has 0 N–H and O–H groups in total. The fourth-order valence-electron chi connectivity index (χ4n) is 3.22. The number of imide groups is 1. The van der Waals surface area contributed by atoms with Gasteiger partial charge < -0.3 is 9.64 Å². The van der Waals surface area contributed by atoms with Crippen LogP contribution in [0.15, 0.2) is 24.3 Å². The van der Waals surface area contributed by atoms with Crippen molar-refractivity contribution in [3.63, 3.8) is 0 Å². The third-order valence-electron chi connectivity index (χ3n) is 4.47. The van der Waals surface area contributed by atoms with Crippen LogP contribution in [0.2, 0.25) is 0 Å². The molecule has 1 aromatic rings. The summed E-state index contributed by atoms with van der Waals surface area (Å²) in [5.74, 6) is -2.24. The largest absolute Gasteiger partial charge is 0.406 e. The van der Waals surface area contributed by atoms with Crippen molar-refractivity contribution >= 4 is 17.7 Å². The van der Waals surface area contributed by atoms with Crippen LogP contribution in [-0.4, -0.2) is 66.0 Å². The number of rotatable bonds is 4. The van der Waals surface area contributed by atoms with E-state index in [-0.39, 0.29) is 37.2 Å². The van der Waals surface area contributed by atoms with Gasteiger partial charge in [0.05, 0.1) is 11.1 Å². The zero-order valence-electron chi connectivity index (χ0n) is 13.8. The smallest absolute Gasteiger partial charge is 0.381 e. The molecular formula is C17H17F3N2O4. The van der Waals surface area contributed by atoms with Crippen molar-refractivity contribution in [1.82, 2.24) is 9.80 Å². The van der Waals surface area contributed by atoms with Gasteiger partial charge in [-0.15, -0.1) is 0 Å². The Hall–Kier alpha value is -2.42. The van der Waals surface area contributed by atoms with Crippen LogP contribution in [0.4, 0.5) is 13.2 Å². The lowest BCUT2D eigenvalue weighted by Gasteiger charge is -2.35. The first kappa shape index (κ1) is 18.4. The van der Waals surface area contributed by atoms with Gasteiger partial charge in [-0.25, -0.2) is 0 Å². The van der Waals surface area contributed by atoms with Crippen molar-refractivity contribution in [2.24, 2.45) is 0 Å². The molecule has 0 aromatic heterocycles. The van der Waals surface area contributed by atoms with Gasteiger partial charge in [-0.1, -0.05) is 12.1 Å². The topological polar surface area (TPSA) is 66.9 Å². The Labute approximate surface area is 147 Å². The molecule has 3 rings (SSSR count). The molecule has 0 aliphatic carbocycles. The Balaban J connectivity index is 1.77. The number of fused-ring (bicyclic) bond motifs is 1. The zero-order valence-corrected chi connectivity index (χ0v) is 13.8. The van der Waals surface area contributed by atoms with E-state index in [1.54, 1.807) is 12.1 Å². The van der Waals surface area contributed by atoms with Crippen LogP contribution in [0.1, 0.15) is 33.6 Å². The van der Waals surface area contributed by atoms with Gasteiger partial charge in [0.1, 0.15) is 13.1 Å². The van der Waals surface area contributed by atoms with Gasteiger partial charge in [-0.2, -0.15) is 13.2 Å². The minimum atomic E-state index is -4.57. The number of hydrogen-bond acceptors (Lipinski definition) is 4. The zero-order chi connectivity index (χ0) is 18.9. The second-order valence-corrected chi connectivity index (χ2v) is 6.22. The standard InChI is InChI=1S/C17H17F3N2O4/c18-17(19,20)10-22(11-5-7-26-8-6-11)14(23)9-21-15(24)12-3-1-2-4-13(12)16(21)25/h1-4,11H,5-10H2. The van der Waals surface area contributed by atoms with E-state index in [0.717, 1.165) is 0 Å². The summed E-state index contributed by atoms with van der Waals surface area (Å²) in [7, 11) is 0. The molecule has 26 heavy (non-hydrogen) atoms. The molecule has 3 amide bonds. The third kappa shape index (κ3) is 3.72.